The van der Waals surface area contributed by atoms with E-state index in [-0.39, 0.29) is 6.61 Å². The summed E-state index contributed by atoms with van der Waals surface area (Å²) in [5.41, 5.74) is 2.48. The van der Waals surface area contributed by atoms with Crippen LogP contribution in [-0.2, 0) is 0 Å². The molecule has 2 rings (SSSR count). The fourth-order valence-corrected chi connectivity index (χ4v) is 2.94. The number of hydrogen-bond acceptors (Lipinski definition) is 3. The summed E-state index contributed by atoms with van der Waals surface area (Å²) in [4.78, 5) is 0. The van der Waals surface area contributed by atoms with Gasteiger partial charge in [0.15, 0.2) is 0 Å². The molecule has 112 valence electrons. The van der Waals surface area contributed by atoms with Crippen LogP contribution in [0.1, 0.15) is 50.3 Å². The summed E-state index contributed by atoms with van der Waals surface area (Å²) in [5, 5.41) is 13.0. The number of para-hydroxylation sites is 1. The molecule has 20 heavy (non-hydrogen) atoms. The summed E-state index contributed by atoms with van der Waals surface area (Å²) in [5.74, 6) is 1.56. The molecule has 1 heterocycles. The van der Waals surface area contributed by atoms with Crippen molar-refractivity contribution in [2.24, 2.45) is 5.92 Å². The third-order valence-electron chi connectivity index (χ3n) is 4.16. The van der Waals surface area contributed by atoms with Gasteiger partial charge in [-0.2, -0.15) is 0 Å². The van der Waals surface area contributed by atoms with Gasteiger partial charge in [0, 0.05) is 24.3 Å². The van der Waals surface area contributed by atoms with Crippen LogP contribution < -0.4 is 10.1 Å². The molecule has 0 fully saturated rings. The van der Waals surface area contributed by atoms with Crippen molar-refractivity contribution in [2.45, 2.75) is 52.1 Å². The molecule has 1 aromatic carbocycles. The Morgan fingerprint density at radius 1 is 1.40 bits per heavy atom. The van der Waals surface area contributed by atoms with Crippen LogP contribution >= 0.6 is 0 Å². The maximum Gasteiger partial charge on any atom is 0.126 e. The highest BCUT2D eigenvalue weighted by atomic mass is 16.5. The number of fused-ring (bicyclic) bond motifs is 1. The van der Waals surface area contributed by atoms with E-state index in [1.807, 2.05) is 0 Å². The molecule has 0 saturated carbocycles. The van der Waals surface area contributed by atoms with Crippen LogP contribution in [0.2, 0.25) is 0 Å². The zero-order valence-corrected chi connectivity index (χ0v) is 12.9. The second-order valence-corrected chi connectivity index (χ2v) is 6.07. The first-order valence-corrected chi connectivity index (χ1v) is 7.72. The molecule has 0 bridgehead atoms. The maximum atomic E-state index is 9.25. The van der Waals surface area contributed by atoms with Gasteiger partial charge < -0.3 is 15.2 Å². The minimum atomic E-state index is 0.236. The fraction of sp³-hybridized carbons (Fsp3) is 0.647. The molecule has 2 unspecified atom stereocenters. The van der Waals surface area contributed by atoms with E-state index in [9.17, 15) is 5.11 Å². The molecule has 3 nitrogen and oxygen atoms in total. The first kappa shape index (κ1) is 15.3. The Bertz CT molecular complexity index is 431. The Labute approximate surface area is 122 Å². The van der Waals surface area contributed by atoms with Crippen molar-refractivity contribution < 1.29 is 9.84 Å². The minimum absolute atomic E-state index is 0.236. The summed E-state index contributed by atoms with van der Waals surface area (Å²) < 4.78 is 5.92. The van der Waals surface area contributed by atoms with Crippen LogP contribution in [0.3, 0.4) is 0 Å². The standard InChI is InChI=1S/C17H27NO2/c1-12(2)15(9-10-19)18-16-8-5-11-20-17-13(3)6-4-7-14(16)17/h4,6-7,12,15-16,18-19H,5,8-11H2,1-3H3. The van der Waals surface area contributed by atoms with E-state index >= 15 is 0 Å². The highest BCUT2D eigenvalue weighted by Gasteiger charge is 2.24. The number of rotatable bonds is 5. The first-order valence-electron chi connectivity index (χ1n) is 7.72. The average molecular weight is 277 g/mol. The van der Waals surface area contributed by atoms with Gasteiger partial charge in [-0.15, -0.1) is 0 Å². The lowest BCUT2D eigenvalue weighted by molar-refractivity contribution is 0.232. The molecule has 1 aromatic rings. The van der Waals surface area contributed by atoms with E-state index in [0.717, 1.165) is 31.6 Å². The van der Waals surface area contributed by atoms with E-state index in [1.165, 1.54) is 11.1 Å². The number of aryl methyl sites for hydroxylation is 1. The Balaban J connectivity index is 2.21. The van der Waals surface area contributed by atoms with Crippen LogP contribution in [0.5, 0.6) is 5.75 Å². The number of nitrogens with one attached hydrogen (secondary N) is 1. The lowest BCUT2D eigenvalue weighted by atomic mass is 9.95. The highest BCUT2D eigenvalue weighted by Crippen LogP contribution is 2.34. The number of hydrogen-bond donors (Lipinski definition) is 2. The van der Waals surface area contributed by atoms with E-state index in [1.54, 1.807) is 0 Å². The van der Waals surface area contributed by atoms with Gasteiger partial charge in [0.2, 0.25) is 0 Å². The van der Waals surface area contributed by atoms with Crippen LogP contribution in [0, 0.1) is 12.8 Å². The lowest BCUT2D eigenvalue weighted by Gasteiger charge is -2.28. The van der Waals surface area contributed by atoms with Gasteiger partial charge in [0.1, 0.15) is 5.75 Å². The molecule has 0 amide bonds. The monoisotopic (exact) mass is 277 g/mol. The third kappa shape index (κ3) is 3.53. The van der Waals surface area contributed by atoms with Crippen molar-refractivity contribution >= 4 is 0 Å². The molecule has 0 aromatic heterocycles. The Morgan fingerprint density at radius 2 is 2.20 bits per heavy atom. The molecule has 3 heteroatoms. The van der Waals surface area contributed by atoms with E-state index in [4.69, 9.17) is 4.74 Å². The molecule has 0 aliphatic carbocycles. The van der Waals surface area contributed by atoms with E-state index in [2.05, 4.69) is 44.3 Å². The van der Waals surface area contributed by atoms with Crippen molar-refractivity contribution in [3.63, 3.8) is 0 Å². The van der Waals surface area contributed by atoms with Crippen LogP contribution in [0.15, 0.2) is 18.2 Å². The van der Waals surface area contributed by atoms with Gasteiger partial charge in [0.25, 0.3) is 0 Å². The van der Waals surface area contributed by atoms with Crippen molar-refractivity contribution in [1.29, 1.82) is 0 Å². The first-order chi connectivity index (χ1) is 9.63. The summed E-state index contributed by atoms with van der Waals surface area (Å²) in [6, 6.07) is 7.05. The van der Waals surface area contributed by atoms with Gasteiger partial charge in [-0.05, 0) is 37.7 Å². The molecule has 1 aliphatic rings. The van der Waals surface area contributed by atoms with Crippen LogP contribution in [0.4, 0.5) is 0 Å². The molecular weight excluding hydrogens is 250 g/mol. The van der Waals surface area contributed by atoms with Crippen LogP contribution in [0.25, 0.3) is 0 Å². The summed E-state index contributed by atoms with van der Waals surface area (Å²) in [6.45, 7) is 7.55. The van der Waals surface area contributed by atoms with Crippen molar-refractivity contribution in [3.05, 3.63) is 29.3 Å². The smallest absolute Gasteiger partial charge is 0.126 e. The van der Waals surface area contributed by atoms with E-state index in [0.29, 0.717) is 18.0 Å². The fourth-order valence-electron chi connectivity index (χ4n) is 2.94. The summed E-state index contributed by atoms with van der Waals surface area (Å²) in [6.07, 6.45) is 2.96. The van der Waals surface area contributed by atoms with Gasteiger partial charge in [-0.1, -0.05) is 32.0 Å². The molecule has 0 spiro atoms. The topological polar surface area (TPSA) is 41.5 Å². The normalized spacial score (nSPS) is 20.1. The second kappa shape index (κ2) is 7.09. The van der Waals surface area contributed by atoms with Gasteiger partial charge in [0.05, 0.1) is 6.61 Å². The quantitative estimate of drug-likeness (QED) is 0.868. The van der Waals surface area contributed by atoms with Crippen molar-refractivity contribution in [1.82, 2.24) is 5.32 Å². The Morgan fingerprint density at radius 3 is 2.90 bits per heavy atom. The average Bonchev–Trinajstić information content (AvgIpc) is 2.62. The summed E-state index contributed by atoms with van der Waals surface area (Å²) in [7, 11) is 0. The van der Waals surface area contributed by atoms with Gasteiger partial charge in [-0.25, -0.2) is 0 Å². The van der Waals surface area contributed by atoms with Crippen molar-refractivity contribution in [3.8, 4) is 5.75 Å². The zero-order chi connectivity index (χ0) is 14.5. The molecule has 2 N–H and O–H groups in total. The maximum absolute atomic E-state index is 9.25. The number of benzene rings is 1. The van der Waals surface area contributed by atoms with E-state index < -0.39 is 0 Å². The number of aliphatic hydroxyl groups excluding tert-OH is 1. The van der Waals surface area contributed by atoms with Crippen LogP contribution in [-0.4, -0.2) is 24.4 Å². The molecule has 0 saturated heterocycles. The molecule has 0 radical (unpaired) electrons. The zero-order valence-electron chi connectivity index (χ0n) is 12.9. The minimum Gasteiger partial charge on any atom is -0.493 e. The Kier molecular flexibility index (Phi) is 5.44. The predicted molar refractivity (Wildman–Crippen MR) is 82.1 cm³/mol. The number of aliphatic hydroxyl groups is 1. The van der Waals surface area contributed by atoms with Gasteiger partial charge >= 0.3 is 0 Å². The largest absolute Gasteiger partial charge is 0.493 e. The Hall–Kier alpha value is -1.06. The molecule has 1 aliphatic heterocycles. The molecular formula is C17H27NO2. The third-order valence-corrected chi connectivity index (χ3v) is 4.16. The predicted octanol–water partition coefficient (Wildman–Crippen LogP) is 3.21. The summed E-state index contributed by atoms with van der Waals surface area (Å²) >= 11 is 0. The molecule has 2 atom stereocenters. The van der Waals surface area contributed by atoms with Crippen molar-refractivity contribution in [2.75, 3.05) is 13.2 Å². The number of ether oxygens (including phenoxy) is 1. The van der Waals surface area contributed by atoms with Gasteiger partial charge in [-0.3, -0.25) is 0 Å². The second-order valence-electron chi connectivity index (χ2n) is 6.07. The highest BCUT2D eigenvalue weighted by molar-refractivity contribution is 5.43. The SMILES string of the molecule is Cc1cccc2c1OCCCC2NC(CCO)C(C)C. The lowest BCUT2D eigenvalue weighted by Crippen LogP contribution is -2.37.